The third-order valence-corrected chi connectivity index (χ3v) is 2.07. The summed E-state index contributed by atoms with van der Waals surface area (Å²) in [5.41, 5.74) is 2.24. The van der Waals surface area contributed by atoms with Gasteiger partial charge in [0.1, 0.15) is 0 Å². The van der Waals surface area contributed by atoms with Crippen molar-refractivity contribution in [2.24, 2.45) is 0 Å². The Morgan fingerprint density at radius 1 is 1.45 bits per heavy atom. The van der Waals surface area contributed by atoms with Crippen LogP contribution in [0.4, 0.5) is 0 Å². The van der Waals surface area contributed by atoms with Gasteiger partial charge in [0.15, 0.2) is 5.15 Å². The Hall–Kier alpha value is -0.890. The van der Waals surface area contributed by atoms with Gasteiger partial charge in [-0.3, -0.25) is 0 Å². The van der Waals surface area contributed by atoms with Crippen molar-refractivity contribution in [2.75, 3.05) is 0 Å². The molecule has 0 saturated carbocycles. The highest BCUT2D eigenvalue weighted by molar-refractivity contribution is 6.30. The molecule has 3 heteroatoms. The van der Waals surface area contributed by atoms with Crippen molar-refractivity contribution in [3.63, 3.8) is 0 Å². The normalized spacial score (nSPS) is 14.6. The number of hydrogen-bond donors (Lipinski definition) is 0. The number of hydrogen-bond acceptors (Lipinski definition) is 2. The van der Waals surface area contributed by atoms with Crippen LogP contribution >= 0.6 is 11.6 Å². The van der Waals surface area contributed by atoms with Crippen molar-refractivity contribution in [1.29, 1.82) is 0 Å². The fourth-order valence-electron chi connectivity index (χ4n) is 1.22. The summed E-state index contributed by atoms with van der Waals surface area (Å²) < 4.78 is 0. The average molecular weight is 167 g/mol. The summed E-state index contributed by atoms with van der Waals surface area (Å²) in [6.07, 6.45) is 8.01. The quantitative estimate of drug-likeness (QED) is 0.590. The molecule has 1 aromatic heterocycles. The van der Waals surface area contributed by atoms with E-state index in [1.54, 1.807) is 6.20 Å². The highest BCUT2D eigenvalue weighted by Gasteiger charge is 2.08. The van der Waals surface area contributed by atoms with Crippen LogP contribution in [0.1, 0.15) is 17.5 Å². The minimum Gasteiger partial charge on any atom is -0.157 e. The first-order valence-electron chi connectivity index (χ1n) is 3.54. The molecule has 1 heterocycles. The molecule has 0 amide bonds. The predicted molar refractivity (Wildman–Crippen MR) is 44.4 cm³/mol. The molecule has 2 rings (SSSR count). The second kappa shape index (κ2) is 2.62. The van der Waals surface area contributed by atoms with Crippen molar-refractivity contribution in [2.45, 2.75) is 12.8 Å². The van der Waals surface area contributed by atoms with E-state index in [0.29, 0.717) is 5.15 Å². The Balaban J connectivity index is 2.60. The van der Waals surface area contributed by atoms with Crippen LogP contribution in [-0.2, 0) is 6.42 Å². The maximum atomic E-state index is 5.82. The smallest absolute Gasteiger partial charge is 0.157 e. The van der Waals surface area contributed by atoms with Gasteiger partial charge in [-0.2, -0.15) is 5.10 Å². The van der Waals surface area contributed by atoms with Gasteiger partial charge in [-0.1, -0.05) is 23.8 Å². The van der Waals surface area contributed by atoms with E-state index in [4.69, 9.17) is 11.6 Å². The zero-order valence-electron chi connectivity index (χ0n) is 5.92. The molecule has 0 saturated heterocycles. The lowest BCUT2D eigenvalue weighted by molar-refractivity contribution is 0.924. The molecule has 0 aliphatic heterocycles. The van der Waals surface area contributed by atoms with Gasteiger partial charge < -0.3 is 0 Å². The summed E-state index contributed by atoms with van der Waals surface area (Å²) in [6, 6.07) is 0. The third kappa shape index (κ3) is 1.14. The van der Waals surface area contributed by atoms with E-state index < -0.39 is 0 Å². The van der Waals surface area contributed by atoms with Gasteiger partial charge in [-0.15, -0.1) is 5.10 Å². The number of aryl methyl sites for hydroxylation is 1. The Kier molecular flexibility index (Phi) is 1.62. The van der Waals surface area contributed by atoms with Crippen molar-refractivity contribution in [3.8, 4) is 0 Å². The lowest BCUT2D eigenvalue weighted by atomic mass is 10.0. The summed E-state index contributed by atoms with van der Waals surface area (Å²) in [4.78, 5) is 0. The molecule has 1 aliphatic rings. The molecule has 0 atom stereocenters. The minimum absolute atomic E-state index is 0.512. The van der Waals surface area contributed by atoms with Crippen LogP contribution in [-0.4, -0.2) is 10.2 Å². The van der Waals surface area contributed by atoms with Gasteiger partial charge in [-0.05, 0) is 18.4 Å². The summed E-state index contributed by atoms with van der Waals surface area (Å²) in [5, 5.41) is 8.05. The lowest BCUT2D eigenvalue weighted by Gasteiger charge is -2.08. The van der Waals surface area contributed by atoms with Crippen LogP contribution in [0.3, 0.4) is 0 Å². The van der Waals surface area contributed by atoms with Crippen molar-refractivity contribution in [3.05, 3.63) is 28.6 Å². The number of halogens is 1. The molecule has 0 N–H and O–H groups in total. The fourth-order valence-corrected chi connectivity index (χ4v) is 1.45. The van der Waals surface area contributed by atoms with Gasteiger partial charge in [0, 0.05) is 5.56 Å². The second-order valence-corrected chi connectivity index (χ2v) is 2.87. The number of nitrogens with zero attached hydrogens (tertiary/aromatic N) is 2. The third-order valence-electron chi connectivity index (χ3n) is 1.79. The van der Waals surface area contributed by atoms with Gasteiger partial charge >= 0.3 is 0 Å². The summed E-state index contributed by atoms with van der Waals surface area (Å²) in [6.45, 7) is 0. The van der Waals surface area contributed by atoms with E-state index in [0.717, 1.165) is 18.4 Å². The average Bonchev–Trinajstić information content (AvgIpc) is 2.06. The van der Waals surface area contributed by atoms with Crippen molar-refractivity contribution < 1.29 is 0 Å². The predicted octanol–water partition coefficient (Wildman–Crippen LogP) is 2.09. The molecule has 2 nitrogen and oxygen atoms in total. The number of fused-ring (bicyclic) bond motifs is 1. The summed E-state index contributed by atoms with van der Waals surface area (Å²) >= 11 is 5.82. The fraction of sp³-hybridized carbons (Fsp3) is 0.250. The Bertz CT molecular complexity index is 307. The molecule has 0 spiro atoms. The van der Waals surface area contributed by atoms with Crippen LogP contribution in [0, 0.1) is 0 Å². The first kappa shape index (κ1) is 6.80. The van der Waals surface area contributed by atoms with Crippen molar-refractivity contribution >= 4 is 17.7 Å². The Labute approximate surface area is 69.9 Å². The molecule has 56 valence electrons. The zero-order chi connectivity index (χ0) is 7.68. The second-order valence-electron chi connectivity index (χ2n) is 2.52. The van der Waals surface area contributed by atoms with Crippen LogP contribution in [0.25, 0.3) is 6.08 Å². The molecule has 0 fully saturated rings. The molecule has 1 aliphatic carbocycles. The molecular weight excluding hydrogens is 160 g/mol. The molecule has 0 bridgehead atoms. The van der Waals surface area contributed by atoms with E-state index in [-0.39, 0.29) is 0 Å². The van der Waals surface area contributed by atoms with E-state index in [2.05, 4.69) is 16.3 Å². The highest BCUT2D eigenvalue weighted by Crippen LogP contribution is 2.22. The maximum Gasteiger partial charge on any atom is 0.159 e. The van der Waals surface area contributed by atoms with E-state index >= 15 is 0 Å². The van der Waals surface area contributed by atoms with E-state index in [1.807, 2.05) is 6.08 Å². The van der Waals surface area contributed by atoms with Gasteiger partial charge in [0.05, 0.1) is 6.20 Å². The van der Waals surface area contributed by atoms with Crippen LogP contribution in [0.15, 0.2) is 12.3 Å². The molecular formula is C8H7ClN2. The molecule has 11 heavy (non-hydrogen) atoms. The SMILES string of the molecule is Clc1nncc2c1C=CCC2. The van der Waals surface area contributed by atoms with Crippen LogP contribution < -0.4 is 0 Å². The first-order chi connectivity index (χ1) is 5.38. The van der Waals surface area contributed by atoms with E-state index in [1.165, 1.54) is 5.56 Å². The lowest BCUT2D eigenvalue weighted by Crippen LogP contribution is -1.97. The zero-order valence-corrected chi connectivity index (χ0v) is 6.67. The van der Waals surface area contributed by atoms with Gasteiger partial charge in [0.25, 0.3) is 0 Å². The van der Waals surface area contributed by atoms with Crippen LogP contribution in [0.5, 0.6) is 0 Å². The largest absolute Gasteiger partial charge is 0.159 e. The van der Waals surface area contributed by atoms with Gasteiger partial charge in [0.2, 0.25) is 0 Å². The summed E-state index contributed by atoms with van der Waals surface area (Å²) in [7, 11) is 0. The summed E-state index contributed by atoms with van der Waals surface area (Å²) in [5.74, 6) is 0. The highest BCUT2D eigenvalue weighted by atomic mass is 35.5. The molecule has 1 aromatic rings. The monoisotopic (exact) mass is 166 g/mol. The number of rotatable bonds is 0. The number of aromatic nitrogens is 2. The minimum atomic E-state index is 0.512. The number of allylic oxidation sites excluding steroid dienone is 1. The topological polar surface area (TPSA) is 25.8 Å². The molecule has 0 unspecified atom stereocenters. The van der Waals surface area contributed by atoms with Crippen LogP contribution in [0.2, 0.25) is 5.15 Å². The maximum absolute atomic E-state index is 5.82. The Morgan fingerprint density at radius 3 is 3.18 bits per heavy atom. The van der Waals surface area contributed by atoms with Crippen molar-refractivity contribution in [1.82, 2.24) is 10.2 Å². The molecule has 0 radical (unpaired) electrons. The molecule has 0 aromatic carbocycles. The first-order valence-corrected chi connectivity index (χ1v) is 3.92. The van der Waals surface area contributed by atoms with E-state index in [9.17, 15) is 0 Å². The Morgan fingerprint density at radius 2 is 2.36 bits per heavy atom. The standard InChI is InChI=1S/C8H7ClN2/c9-8-7-4-2-1-3-6(7)5-10-11-8/h2,4-5H,1,3H2. The van der Waals surface area contributed by atoms with Gasteiger partial charge in [-0.25, -0.2) is 0 Å².